The van der Waals surface area contributed by atoms with Crippen molar-refractivity contribution < 1.29 is 0 Å². The van der Waals surface area contributed by atoms with Gasteiger partial charge in [-0.15, -0.1) is 0 Å². The van der Waals surface area contributed by atoms with Gasteiger partial charge in [0.2, 0.25) is 0 Å². The van der Waals surface area contributed by atoms with Crippen LogP contribution >= 0.6 is 0 Å². The first-order valence-electron chi connectivity index (χ1n) is 11.4. The molecule has 0 bridgehead atoms. The summed E-state index contributed by atoms with van der Waals surface area (Å²) in [6.07, 6.45) is 4.90. The van der Waals surface area contributed by atoms with E-state index >= 15 is 0 Å². The standard InChI is InChI=1S/C29H26N4/c1-4-22-16-26-25(15-24(22)14-9-20-7-5-19(2)6-8-20)28-27(18-31-26)33(3)32-29(28)23-12-10-21(17-30)11-13-23/h5-8,10-13,15-16,18H,4,9,14H2,1-3H3. The first-order chi connectivity index (χ1) is 16.1. The molecule has 4 heteroatoms. The van der Waals surface area contributed by atoms with Crippen LogP contribution in [0.15, 0.2) is 66.9 Å². The van der Waals surface area contributed by atoms with Crippen molar-refractivity contribution in [2.45, 2.75) is 33.1 Å². The van der Waals surface area contributed by atoms with Crippen molar-refractivity contribution in [2.75, 3.05) is 0 Å². The van der Waals surface area contributed by atoms with Crippen LogP contribution < -0.4 is 0 Å². The lowest BCUT2D eigenvalue weighted by atomic mass is 9.94. The van der Waals surface area contributed by atoms with Crippen LogP contribution in [0, 0.1) is 18.3 Å². The maximum Gasteiger partial charge on any atom is 0.101 e. The van der Waals surface area contributed by atoms with Crippen molar-refractivity contribution in [3.05, 3.63) is 94.7 Å². The molecule has 0 unspecified atom stereocenters. The second-order valence-corrected chi connectivity index (χ2v) is 8.66. The van der Waals surface area contributed by atoms with E-state index in [-0.39, 0.29) is 0 Å². The van der Waals surface area contributed by atoms with Gasteiger partial charge in [0.25, 0.3) is 0 Å². The van der Waals surface area contributed by atoms with Gasteiger partial charge < -0.3 is 0 Å². The lowest BCUT2D eigenvalue weighted by Crippen LogP contribution is -1.98. The maximum absolute atomic E-state index is 9.16. The molecule has 5 rings (SSSR count). The Morgan fingerprint density at radius 1 is 0.939 bits per heavy atom. The predicted octanol–water partition coefficient (Wildman–Crippen LogP) is 6.32. The van der Waals surface area contributed by atoms with Crippen LogP contribution in [0.25, 0.3) is 33.1 Å². The molecule has 0 aliphatic carbocycles. The number of fused-ring (bicyclic) bond motifs is 3. The average molecular weight is 431 g/mol. The van der Waals surface area contributed by atoms with Gasteiger partial charge in [0, 0.05) is 23.4 Å². The predicted molar refractivity (Wildman–Crippen MR) is 134 cm³/mol. The molecule has 4 nitrogen and oxygen atoms in total. The summed E-state index contributed by atoms with van der Waals surface area (Å²) < 4.78 is 1.90. The number of rotatable bonds is 5. The number of hydrogen-bond acceptors (Lipinski definition) is 3. The zero-order chi connectivity index (χ0) is 22.9. The quantitative estimate of drug-likeness (QED) is 0.328. The van der Waals surface area contributed by atoms with Gasteiger partial charge in [0.1, 0.15) is 5.69 Å². The molecule has 0 atom stereocenters. The highest BCUT2D eigenvalue weighted by atomic mass is 15.3. The van der Waals surface area contributed by atoms with E-state index in [9.17, 15) is 0 Å². The topological polar surface area (TPSA) is 54.5 Å². The number of pyridine rings is 1. The minimum Gasteiger partial charge on any atom is -0.266 e. The monoisotopic (exact) mass is 430 g/mol. The smallest absolute Gasteiger partial charge is 0.101 e. The van der Waals surface area contributed by atoms with Crippen molar-refractivity contribution in [1.29, 1.82) is 5.26 Å². The normalized spacial score (nSPS) is 11.2. The lowest BCUT2D eigenvalue weighted by Gasteiger charge is -2.12. The molecule has 2 heterocycles. The highest BCUT2D eigenvalue weighted by molar-refractivity contribution is 6.11. The highest BCUT2D eigenvalue weighted by Crippen LogP contribution is 2.34. The fraction of sp³-hybridized carbons (Fsp3) is 0.207. The van der Waals surface area contributed by atoms with Gasteiger partial charge >= 0.3 is 0 Å². The Hall–Kier alpha value is -3.97. The molecular weight excluding hydrogens is 404 g/mol. The molecule has 0 N–H and O–H groups in total. The molecule has 3 aromatic carbocycles. The molecule has 0 saturated heterocycles. The van der Waals surface area contributed by atoms with Crippen LogP contribution in [-0.4, -0.2) is 14.8 Å². The number of nitriles is 1. The van der Waals surface area contributed by atoms with Crippen LogP contribution in [0.3, 0.4) is 0 Å². The summed E-state index contributed by atoms with van der Waals surface area (Å²) in [7, 11) is 1.96. The summed E-state index contributed by atoms with van der Waals surface area (Å²) >= 11 is 0. The summed E-state index contributed by atoms with van der Waals surface area (Å²) in [5.74, 6) is 0. The Balaban J connectivity index is 1.65. The van der Waals surface area contributed by atoms with Crippen molar-refractivity contribution >= 4 is 21.8 Å². The number of hydrogen-bond donors (Lipinski definition) is 0. The van der Waals surface area contributed by atoms with Crippen molar-refractivity contribution in [2.24, 2.45) is 7.05 Å². The van der Waals surface area contributed by atoms with Gasteiger partial charge in [-0.2, -0.15) is 10.4 Å². The molecule has 2 aromatic heterocycles. The molecule has 5 aromatic rings. The average Bonchev–Trinajstić information content (AvgIpc) is 3.20. The van der Waals surface area contributed by atoms with E-state index in [2.05, 4.69) is 56.3 Å². The molecule has 0 spiro atoms. The third kappa shape index (κ3) is 3.87. The summed E-state index contributed by atoms with van der Waals surface area (Å²) in [5, 5.41) is 16.3. The van der Waals surface area contributed by atoms with Crippen LogP contribution in [0.4, 0.5) is 0 Å². The molecule has 162 valence electrons. The molecular formula is C29H26N4. The van der Waals surface area contributed by atoms with Gasteiger partial charge in [-0.05, 0) is 67.1 Å². The Kier molecular flexibility index (Phi) is 5.40. The molecule has 0 saturated carbocycles. The summed E-state index contributed by atoms with van der Waals surface area (Å²) in [6.45, 7) is 4.33. The van der Waals surface area contributed by atoms with E-state index in [1.54, 1.807) is 0 Å². The molecule has 0 aliphatic rings. The Morgan fingerprint density at radius 2 is 1.70 bits per heavy atom. The van der Waals surface area contributed by atoms with E-state index in [1.807, 2.05) is 42.2 Å². The van der Waals surface area contributed by atoms with Crippen LogP contribution in [0.1, 0.15) is 34.7 Å². The summed E-state index contributed by atoms with van der Waals surface area (Å²) in [4.78, 5) is 4.78. The van der Waals surface area contributed by atoms with Crippen LogP contribution in [0.5, 0.6) is 0 Å². The molecule has 0 aliphatic heterocycles. The Morgan fingerprint density at radius 3 is 2.39 bits per heavy atom. The van der Waals surface area contributed by atoms with Gasteiger partial charge in [-0.25, -0.2) is 0 Å². The number of benzene rings is 3. The Labute approximate surface area is 194 Å². The minimum atomic E-state index is 0.650. The number of aromatic nitrogens is 3. The molecule has 33 heavy (non-hydrogen) atoms. The van der Waals surface area contributed by atoms with E-state index in [1.165, 1.54) is 22.3 Å². The molecule has 0 amide bonds. The largest absolute Gasteiger partial charge is 0.266 e. The second-order valence-electron chi connectivity index (χ2n) is 8.66. The second kappa shape index (κ2) is 8.52. The summed E-state index contributed by atoms with van der Waals surface area (Å²) in [5.41, 5.74) is 9.97. The van der Waals surface area contributed by atoms with E-state index < -0.39 is 0 Å². The zero-order valence-corrected chi connectivity index (χ0v) is 19.3. The third-order valence-corrected chi connectivity index (χ3v) is 6.48. The fourth-order valence-electron chi connectivity index (χ4n) is 4.57. The number of nitrogens with zero attached hydrogens (tertiary/aromatic N) is 4. The van der Waals surface area contributed by atoms with E-state index in [4.69, 9.17) is 15.3 Å². The molecule has 0 fully saturated rings. The number of aryl methyl sites for hydroxylation is 5. The first-order valence-corrected chi connectivity index (χ1v) is 11.4. The van der Waals surface area contributed by atoms with Crippen molar-refractivity contribution in [3.8, 4) is 17.3 Å². The van der Waals surface area contributed by atoms with Gasteiger partial charge in [0.05, 0.1) is 28.9 Å². The fourth-order valence-corrected chi connectivity index (χ4v) is 4.57. The van der Waals surface area contributed by atoms with E-state index in [0.717, 1.165) is 52.3 Å². The lowest BCUT2D eigenvalue weighted by molar-refractivity contribution is 0.799. The highest BCUT2D eigenvalue weighted by Gasteiger charge is 2.16. The molecule has 0 radical (unpaired) electrons. The van der Waals surface area contributed by atoms with E-state index in [0.29, 0.717) is 5.56 Å². The third-order valence-electron chi connectivity index (χ3n) is 6.48. The SMILES string of the molecule is CCc1cc2ncc3c(c(-c4ccc(C#N)cc4)nn3C)c2cc1CCc1ccc(C)cc1. The van der Waals surface area contributed by atoms with Crippen LogP contribution in [0.2, 0.25) is 0 Å². The maximum atomic E-state index is 9.16. The van der Waals surface area contributed by atoms with Gasteiger partial charge in [-0.1, -0.05) is 48.9 Å². The van der Waals surface area contributed by atoms with Gasteiger partial charge in [-0.3, -0.25) is 9.67 Å². The minimum absolute atomic E-state index is 0.650. The van der Waals surface area contributed by atoms with Gasteiger partial charge in [0.15, 0.2) is 0 Å². The Bertz CT molecular complexity index is 1500. The zero-order valence-electron chi connectivity index (χ0n) is 19.3. The first kappa shape index (κ1) is 20.9. The van der Waals surface area contributed by atoms with Crippen LogP contribution in [-0.2, 0) is 26.3 Å². The summed E-state index contributed by atoms with van der Waals surface area (Å²) in [6, 6.07) is 23.2. The van der Waals surface area contributed by atoms with Crippen molar-refractivity contribution in [3.63, 3.8) is 0 Å². The van der Waals surface area contributed by atoms with Crippen molar-refractivity contribution in [1.82, 2.24) is 14.8 Å².